The minimum Gasteiger partial charge on any atom is -0.381 e. The number of nitrogens with one attached hydrogen (secondary N) is 2. The molecule has 1 aliphatic rings. The first-order chi connectivity index (χ1) is 13.2. The first kappa shape index (κ1) is 19.8. The molecule has 2 N–H and O–H groups in total. The molecule has 1 fully saturated rings. The van der Waals surface area contributed by atoms with Crippen molar-refractivity contribution in [2.45, 2.75) is 24.7 Å². The molecule has 0 aliphatic carbocycles. The maximum Gasteiger partial charge on any atom is 0.191 e. The lowest BCUT2D eigenvalue weighted by Gasteiger charge is -2.38. The summed E-state index contributed by atoms with van der Waals surface area (Å²) in [5.74, 6) is 0.828. The molecule has 144 valence electrons. The number of halogens is 1. The van der Waals surface area contributed by atoms with Gasteiger partial charge in [0.2, 0.25) is 0 Å². The SMILES string of the molecule is CN=C(NCCc1ccccn1)NCC1(c2ccc(Br)cc2)CCOCC1. The van der Waals surface area contributed by atoms with Crippen LogP contribution in [0.15, 0.2) is 58.1 Å². The molecule has 0 saturated carbocycles. The van der Waals surface area contributed by atoms with Crippen LogP contribution in [0.1, 0.15) is 24.1 Å². The molecule has 3 rings (SSSR count). The van der Waals surface area contributed by atoms with Gasteiger partial charge in [0.1, 0.15) is 0 Å². The van der Waals surface area contributed by atoms with E-state index in [1.807, 2.05) is 31.4 Å². The summed E-state index contributed by atoms with van der Waals surface area (Å²) in [4.78, 5) is 8.74. The highest BCUT2D eigenvalue weighted by molar-refractivity contribution is 9.10. The summed E-state index contributed by atoms with van der Waals surface area (Å²) in [6, 6.07) is 14.7. The third-order valence-electron chi connectivity index (χ3n) is 5.12. The van der Waals surface area contributed by atoms with Crippen LogP contribution in [-0.4, -0.2) is 44.3 Å². The third kappa shape index (κ3) is 5.53. The molecule has 0 bridgehead atoms. The molecule has 6 heteroatoms. The van der Waals surface area contributed by atoms with Crippen LogP contribution in [0.5, 0.6) is 0 Å². The Kier molecular flexibility index (Phi) is 7.24. The van der Waals surface area contributed by atoms with Crippen molar-refractivity contribution >= 4 is 21.9 Å². The van der Waals surface area contributed by atoms with Crippen LogP contribution in [0.25, 0.3) is 0 Å². The Morgan fingerprint density at radius 2 is 1.93 bits per heavy atom. The van der Waals surface area contributed by atoms with Crippen molar-refractivity contribution in [2.24, 2.45) is 4.99 Å². The van der Waals surface area contributed by atoms with E-state index in [2.05, 4.69) is 60.8 Å². The zero-order valence-corrected chi connectivity index (χ0v) is 17.3. The minimum absolute atomic E-state index is 0.0670. The molecule has 0 atom stereocenters. The Hall–Kier alpha value is -1.92. The normalized spacial score (nSPS) is 16.7. The topological polar surface area (TPSA) is 58.5 Å². The summed E-state index contributed by atoms with van der Waals surface area (Å²) in [5.41, 5.74) is 2.50. The van der Waals surface area contributed by atoms with Gasteiger partial charge in [-0.3, -0.25) is 9.98 Å². The molecule has 0 amide bonds. The van der Waals surface area contributed by atoms with Gasteiger partial charge < -0.3 is 15.4 Å². The average molecular weight is 431 g/mol. The maximum atomic E-state index is 5.63. The van der Waals surface area contributed by atoms with Crippen molar-refractivity contribution in [3.05, 3.63) is 64.4 Å². The standard InChI is InChI=1S/C21H27BrN4O/c1-23-20(25-13-9-19-4-2-3-12-24-19)26-16-21(10-14-27-15-11-21)17-5-7-18(22)8-6-17/h2-8,12H,9-11,13-16H2,1H3,(H2,23,25,26). The fraction of sp³-hybridized carbons (Fsp3) is 0.429. The van der Waals surface area contributed by atoms with E-state index in [1.165, 1.54) is 5.56 Å². The van der Waals surface area contributed by atoms with Gasteiger partial charge in [0.05, 0.1) is 0 Å². The number of pyridine rings is 1. The molecule has 27 heavy (non-hydrogen) atoms. The van der Waals surface area contributed by atoms with Crippen molar-refractivity contribution in [1.29, 1.82) is 0 Å². The van der Waals surface area contributed by atoms with Gasteiger partial charge in [-0.1, -0.05) is 34.1 Å². The van der Waals surface area contributed by atoms with E-state index in [1.54, 1.807) is 0 Å². The summed E-state index contributed by atoms with van der Waals surface area (Å²) < 4.78 is 6.73. The first-order valence-corrected chi connectivity index (χ1v) is 10.2. The summed E-state index contributed by atoms with van der Waals surface area (Å²) in [6.07, 6.45) is 4.71. The molecule has 0 spiro atoms. The van der Waals surface area contributed by atoms with Gasteiger partial charge in [-0.15, -0.1) is 0 Å². The Labute approximate surface area is 169 Å². The maximum absolute atomic E-state index is 5.63. The lowest BCUT2D eigenvalue weighted by molar-refractivity contribution is 0.0514. The zero-order valence-electron chi connectivity index (χ0n) is 15.7. The summed E-state index contributed by atoms with van der Waals surface area (Å²) in [7, 11) is 1.81. The molecular formula is C21H27BrN4O. The lowest BCUT2D eigenvalue weighted by atomic mass is 9.74. The van der Waals surface area contributed by atoms with Crippen molar-refractivity contribution in [1.82, 2.24) is 15.6 Å². The van der Waals surface area contributed by atoms with Gasteiger partial charge in [-0.25, -0.2) is 0 Å². The van der Waals surface area contributed by atoms with E-state index in [4.69, 9.17) is 4.74 Å². The Morgan fingerprint density at radius 1 is 1.15 bits per heavy atom. The van der Waals surface area contributed by atoms with Gasteiger partial charge in [0, 0.05) is 61.6 Å². The fourth-order valence-corrected chi connectivity index (χ4v) is 3.73. The molecule has 5 nitrogen and oxygen atoms in total. The average Bonchev–Trinajstić information content (AvgIpc) is 2.72. The molecular weight excluding hydrogens is 404 g/mol. The zero-order chi connectivity index (χ0) is 19.0. The van der Waals surface area contributed by atoms with Crippen molar-refractivity contribution < 1.29 is 4.74 Å². The number of hydrogen-bond acceptors (Lipinski definition) is 3. The van der Waals surface area contributed by atoms with E-state index >= 15 is 0 Å². The van der Waals surface area contributed by atoms with Crippen LogP contribution < -0.4 is 10.6 Å². The monoisotopic (exact) mass is 430 g/mol. The summed E-state index contributed by atoms with van der Waals surface area (Å²) in [6.45, 7) is 3.22. The number of benzene rings is 1. The number of guanidine groups is 1. The van der Waals surface area contributed by atoms with Crippen LogP contribution in [-0.2, 0) is 16.6 Å². The van der Waals surface area contributed by atoms with Crippen molar-refractivity contribution in [3.8, 4) is 0 Å². The predicted octanol–water partition coefficient (Wildman–Crippen LogP) is 3.30. The second-order valence-electron chi connectivity index (χ2n) is 6.82. The summed E-state index contributed by atoms with van der Waals surface area (Å²) >= 11 is 3.53. The van der Waals surface area contributed by atoms with E-state index in [0.29, 0.717) is 0 Å². The number of ether oxygens (including phenoxy) is 1. The van der Waals surface area contributed by atoms with Gasteiger partial charge >= 0.3 is 0 Å². The van der Waals surface area contributed by atoms with Crippen LogP contribution >= 0.6 is 15.9 Å². The van der Waals surface area contributed by atoms with Crippen LogP contribution in [0.3, 0.4) is 0 Å². The molecule has 1 aromatic heterocycles. The first-order valence-electron chi connectivity index (χ1n) is 9.40. The molecule has 1 aliphatic heterocycles. The quantitative estimate of drug-likeness (QED) is 0.545. The highest BCUT2D eigenvalue weighted by Crippen LogP contribution is 2.34. The van der Waals surface area contributed by atoms with Gasteiger partial charge in [0.25, 0.3) is 0 Å². The second-order valence-corrected chi connectivity index (χ2v) is 7.74. The number of hydrogen-bond donors (Lipinski definition) is 2. The van der Waals surface area contributed by atoms with Gasteiger partial charge in [0.15, 0.2) is 5.96 Å². The second kappa shape index (κ2) is 9.85. The van der Waals surface area contributed by atoms with E-state index < -0.39 is 0 Å². The molecule has 0 radical (unpaired) electrons. The van der Waals surface area contributed by atoms with Crippen LogP contribution in [0, 0.1) is 0 Å². The Bertz CT molecular complexity index is 728. The Balaban J connectivity index is 1.59. The van der Waals surface area contributed by atoms with Crippen LogP contribution in [0.4, 0.5) is 0 Å². The molecule has 2 aromatic rings. The molecule has 1 saturated heterocycles. The highest BCUT2D eigenvalue weighted by atomic mass is 79.9. The number of aromatic nitrogens is 1. The Morgan fingerprint density at radius 3 is 2.59 bits per heavy atom. The smallest absolute Gasteiger partial charge is 0.191 e. The van der Waals surface area contributed by atoms with Crippen molar-refractivity contribution in [2.75, 3.05) is 33.4 Å². The predicted molar refractivity (Wildman–Crippen MR) is 113 cm³/mol. The van der Waals surface area contributed by atoms with Crippen molar-refractivity contribution in [3.63, 3.8) is 0 Å². The third-order valence-corrected chi connectivity index (χ3v) is 5.65. The molecule has 0 unspecified atom stereocenters. The number of nitrogens with zero attached hydrogens (tertiary/aromatic N) is 2. The lowest BCUT2D eigenvalue weighted by Crippen LogP contribution is -2.48. The van der Waals surface area contributed by atoms with Gasteiger partial charge in [-0.2, -0.15) is 0 Å². The van der Waals surface area contributed by atoms with E-state index in [0.717, 1.165) is 61.7 Å². The molecule has 1 aromatic carbocycles. The van der Waals surface area contributed by atoms with Crippen LogP contribution in [0.2, 0.25) is 0 Å². The summed E-state index contributed by atoms with van der Waals surface area (Å²) in [5, 5.41) is 6.93. The number of rotatable bonds is 6. The van der Waals surface area contributed by atoms with E-state index in [9.17, 15) is 0 Å². The van der Waals surface area contributed by atoms with E-state index in [-0.39, 0.29) is 5.41 Å². The largest absolute Gasteiger partial charge is 0.381 e. The fourth-order valence-electron chi connectivity index (χ4n) is 3.46. The number of aliphatic imine (C=N–C) groups is 1. The molecule has 2 heterocycles. The van der Waals surface area contributed by atoms with Gasteiger partial charge in [-0.05, 0) is 42.7 Å². The minimum atomic E-state index is 0.0670. The highest BCUT2D eigenvalue weighted by Gasteiger charge is 2.34.